The van der Waals surface area contributed by atoms with Crippen LogP contribution in [0.4, 0.5) is 5.69 Å². The van der Waals surface area contributed by atoms with Crippen molar-refractivity contribution in [2.45, 2.75) is 32.5 Å². The number of aliphatic carboxylic acids is 1. The van der Waals surface area contributed by atoms with Crippen molar-refractivity contribution >= 4 is 29.3 Å². The zero-order chi connectivity index (χ0) is 29.2. The van der Waals surface area contributed by atoms with Gasteiger partial charge >= 0.3 is 5.97 Å². The van der Waals surface area contributed by atoms with Crippen LogP contribution in [0.15, 0.2) is 97.1 Å². The Hall–Kier alpha value is -4.23. The lowest BCUT2D eigenvalue weighted by atomic mass is 9.93. The number of anilines is 1. The standard InChI is InChI=1S/C34H36N2O4S/c1-24-9-7-8-12-29(24)31-21-26(13-18-30(31)33(37)35-32(34(38)39)19-20-41-3)23-36(22-25-10-5-4-6-11-25)27-14-16-28(40-2)17-15-27/h4-18,21,32H,19-20,22-23H2,1-3H3,(H,35,37)(H,38,39)/t32-/m0/s1. The number of carboxylic acids is 1. The van der Waals surface area contributed by atoms with E-state index in [9.17, 15) is 14.7 Å². The second-order valence-corrected chi connectivity index (χ2v) is 10.9. The fourth-order valence-corrected chi connectivity index (χ4v) is 5.24. The zero-order valence-corrected chi connectivity index (χ0v) is 24.5. The van der Waals surface area contributed by atoms with Gasteiger partial charge in [-0.3, -0.25) is 4.79 Å². The Morgan fingerprint density at radius 3 is 2.22 bits per heavy atom. The molecule has 0 radical (unpaired) electrons. The molecular weight excluding hydrogens is 532 g/mol. The molecule has 0 aliphatic rings. The quantitative estimate of drug-likeness (QED) is 0.184. The number of thioether (sulfide) groups is 1. The van der Waals surface area contributed by atoms with Crippen molar-refractivity contribution in [3.05, 3.63) is 119 Å². The number of hydrogen-bond acceptors (Lipinski definition) is 5. The van der Waals surface area contributed by atoms with Gasteiger partial charge in [-0.25, -0.2) is 4.79 Å². The number of nitrogens with zero attached hydrogens (tertiary/aromatic N) is 1. The Kier molecular flexibility index (Phi) is 10.5. The molecule has 0 heterocycles. The van der Waals surface area contributed by atoms with Gasteiger partial charge in [0.05, 0.1) is 7.11 Å². The molecule has 0 aliphatic carbocycles. The number of nitrogens with one attached hydrogen (secondary N) is 1. The van der Waals surface area contributed by atoms with E-state index in [0.29, 0.717) is 30.8 Å². The largest absolute Gasteiger partial charge is 0.497 e. The average Bonchev–Trinajstić information content (AvgIpc) is 2.99. The summed E-state index contributed by atoms with van der Waals surface area (Å²) in [6.07, 6.45) is 2.28. The number of carbonyl (C=O) groups excluding carboxylic acids is 1. The molecule has 4 aromatic carbocycles. The molecule has 0 aromatic heterocycles. The first-order chi connectivity index (χ1) is 19.9. The first kappa shape index (κ1) is 29.7. The molecule has 0 saturated carbocycles. The van der Waals surface area contributed by atoms with Crippen LogP contribution in [0.5, 0.6) is 5.75 Å². The monoisotopic (exact) mass is 568 g/mol. The number of ether oxygens (including phenoxy) is 1. The van der Waals surface area contributed by atoms with Crippen molar-refractivity contribution < 1.29 is 19.4 Å². The van der Waals surface area contributed by atoms with E-state index in [2.05, 4.69) is 28.4 Å². The van der Waals surface area contributed by atoms with Gasteiger partial charge in [-0.1, -0.05) is 60.7 Å². The van der Waals surface area contributed by atoms with Crippen LogP contribution in [0.25, 0.3) is 11.1 Å². The molecule has 0 aliphatic heterocycles. The smallest absolute Gasteiger partial charge is 0.326 e. The van der Waals surface area contributed by atoms with Crippen molar-refractivity contribution in [2.24, 2.45) is 0 Å². The summed E-state index contributed by atoms with van der Waals surface area (Å²) in [7, 11) is 1.66. The van der Waals surface area contributed by atoms with Crippen LogP contribution in [0.2, 0.25) is 0 Å². The van der Waals surface area contributed by atoms with E-state index >= 15 is 0 Å². The van der Waals surface area contributed by atoms with E-state index in [1.807, 2.05) is 92.0 Å². The van der Waals surface area contributed by atoms with Gasteiger partial charge in [0.2, 0.25) is 0 Å². The predicted octanol–water partition coefficient (Wildman–Crippen LogP) is 6.81. The Bertz CT molecular complexity index is 1460. The lowest BCUT2D eigenvalue weighted by Gasteiger charge is -2.26. The maximum Gasteiger partial charge on any atom is 0.326 e. The van der Waals surface area contributed by atoms with Gasteiger partial charge in [-0.2, -0.15) is 11.8 Å². The maximum atomic E-state index is 13.5. The molecule has 4 rings (SSSR count). The third-order valence-corrected chi connectivity index (χ3v) is 7.65. The van der Waals surface area contributed by atoms with E-state index in [0.717, 1.165) is 33.7 Å². The third-order valence-electron chi connectivity index (χ3n) is 7.01. The summed E-state index contributed by atoms with van der Waals surface area (Å²) < 4.78 is 5.37. The molecule has 1 atom stereocenters. The molecule has 0 fully saturated rings. The maximum absolute atomic E-state index is 13.5. The number of rotatable bonds is 13. The van der Waals surface area contributed by atoms with Crippen LogP contribution in [0, 0.1) is 6.92 Å². The van der Waals surface area contributed by atoms with Crippen LogP contribution in [-0.4, -0.2) is 42.1 Å². The molecule has 4 aromatic rings. The molecular formula is C34H36N2O4S. The van der Waals surface area contributed by atoms with Crippen molar-refractivity contribution in [1.29, 1.82) is 0 Å². The summed E-state index contributed by atoms with van der Waals surface area (Å²) in [6.45, 7) is 3.32. The molecule has 0 spiro atoms. The summed E-state index contributed by atoms with van der Waals surface area (Å²) >= 11 is 1.55. The zero-order valence-electron chi connectivity index (χ0n) is 23.7. The van der Waals surface area contributed by atoms with Crippen LogP contribution < -0.4 is 15.0 Å². The normalized spacial score (nSPS) is 11.5. The highest BCUT2D eigenvalue weighted by Gasteiger charge is 2.23. The molecule has 0 saturated heterocycles. The lowest BCUT2D eigenvalue weighted by Crippen LogP contribution is -2.41. The summed E-state index contributed by atoms with van der Waals surface area (Å²) in [5, 5.41) is 12.4. The highest BCUT2D eigenvalue weighted by molar-refractivity contribution is 7.98. The summed E-state index contributed by atoms with van der Waals surface area (Å²) in [6, 6.07) is 31.1. The minimum atomic E-state index is -1.03. The average molecular weight is 569 g/mol. The first-order valence-electron chi connectivity index (χ1n) is 13.5. The lowest BCUT2D eigenvalue weighted by molar-refractivity contribution is -0.139. The van der Waals surface area contributed by atoms with Gasteiger partial charge in [0.1, 0.15) is 11.8 Å². The molecule has 0 unspecified atom stereocenters. The number of carbonyl (C=O) groups is 2. The van der Waals surface area contributed by atoms with E-state index in [4.69, 9.17) is 4.74 Å². The van der Waals surface area contributed by atoms with Crippen LogP contribution in [0.3, 0.4) is 0 Å². The molecule has 212 valence electrons. The number of amides is 1. The van der Waals surface area contributed by atoms with Gasteiger partial charge in [0.15, 0.2) is 0 Å². The second kappa shape index (κ2) is 14.4. The highest BCUT2D eigenvalue weighted by atomic mass is 32.2. The first-order valence-corrected chi connectivity index (χ1v) is 14.9. The third kappa shape index (κ3) is 7.92. The van der Waals surface area contributed by atoms with Crippen molar-refractivity contribution in [3.8, 4) is 16.9 Å². The molecule has 2 N–H and O–H groups in total. The summed E-state index contributed by atoms with van der Waals surface area (Å²) in [5.74, 6) is 0.0172. The number of hydrogen-bond donors (Lipinski definition) is 2. The number of aryl methyl sites for hydroxylation is 1. The Morgan fingerprint density at radius 1 is 0.878 bits per heavy atom. The minimum absolute atomic E-state index is 0.357. The van der Waals surface area contributed by atoms with Crippen LogP contribution >= 0.6 is 11.8 Å². The topological polar surface area (TPSA) is 78.9 Å². The van der Waals surface area contributed by atoms with E-state index in [-0.39, 0.29) is 5.91 Å². The molecule has 7 heteroatoms. The van der Waals surface area contributed by atoms with Gasteiger partial charge in [-0.15, -0.1) is 0 Å². The highest BCUT2D eigenvalue weighted by Crippen LogP contribution is 2.30. The predicted molar refractivity (Wildman–Crippen MR) is 168 cm³/mol. The van der Waals surface area contributed by atoms with Gasteiger partial charge in [-0.05, 0) is 89.6 Å². The molecule has 41 heavy (non-hydrogen) atoms. The Morgan fingerprint density at radius 2 is 1.56 bits per heavy atom. The van der Waals surface area contributed by atoms with E-state index in [1.165, 1.54) is 5.56 Å². The van der Waals surface area contributed by atoms with Crippen molar-refractivity contribution in [2.75, 3.05) is 24.0 Å². The number of methoxy groups -OCH3 is 1. The molecule has 1 amide bonds. The SMILES string of the molecule is COc1ccc(N(Cc2ccccc2)Cc2ccc(C(=O)N[C@@H](CCSC)C(=O)O)c(-c3ccccc3C)c2)cc1. The fourth-order valence-electron chi connectivity index (χ4n) is 4.77. The van der Waals surface area contributed by atoms with Crippen molar-refractivity contribution in [1.82, 2.24) is 5.32 Å². The van der Waals surface area contributed by atoms with Gasteiger partial charge < -0.3 is 20.1 Å². The minimum Gasteiger partial charge on any atom is -0.497 e. The summed E-state index contributed by atoms with van der Waals surface area (Å²) in [5.41, 5.74) is 6.47. The van der Waals surface area contributed by atoms with Gasteiger partial charge in [0, 0.05) is 24.3 Å². The van der Waals surface area contributed by atoms with Crippen LogP contribution in [-0.2, 0) is 17.9 Å². The molecule has 6 nitrogen and oxygen atoms in total. The second-order valence-electron chi connectivity index (χ2n) is 9.88. The Balaban J connectivity index is 1.71. The number of benzene rings is 4. The van der Waals surface area contributed by atoms with Gasteiger partial charge in [0.25, 0.3) is 5.91 Å². The van der Waals surface area contributed by atoms with Crippen LogP contribution in [0.1, 0.15) is 33.5 Å². The van der Waals surface area contributed by atoms with E-state index in [1.54, 1.807) is 18.9 Å². The van der Waals surface area contributed by atoms with E-state index < -0.39 is 12.0 Å². The number of carboxylic acid groups (broad SMARTS) is 1. The van der Waals surface area contributed by atoms with Crippen molar-refractivity contribution in [3.63, 3.8) is 0 Å². The summed E-state index contributed by atoms with van der Waals surface area (Å²) in [4.78, 5) is 27.6. The fraction of sp³-hybridized carbons (Fsp3) is 0.235. The Labute approximate surface area is 246 Å². The molecule has 0 bridgehead atoms.